The zero-order chi connectivity index (χ0) is 16.1. The Morgan fingerprint density at radius 1 is 1.30 bits per heavy atom. The maximum absolute atomic E-state index is 12.2. The summed E-state index contributed by atoms with van der Waals surface area (Å²) in [5.74, 6) is 0.735. The van der Waals surface area contributed by atoms with E-state index in [9.17, 15) is 4.79 Å². The summed E-state index contributed by atoms with van der Waals surface area (Å²) in [7, 11) is 0. The second kappa shape index (κ2) is 7.31. The molecule has 0 unspecified atom stereocenters. The van der Waals surface area contributed by atoms with Crippen LogP contribution < -0.4 is 5.32 Å². The van der Waals surface area contributed by atoms with Crippen LogP contribution in [0.2, 0.25) is 0 Å². The highest BCUT2D eigenvalue weighted by Crippen LogP contribution is 2.16. The maximum atomic E-state index is 12.2. The Labute approximate surface area is 137 Å². The van der Waals surface area contributed by atoms with E-state index >= 15 is 0 Å². The van der Waals surface area contributed by atoms with Gasteiger partial charge in [-0.25, -0.2) is 9.78 Å². The number of benzene rings is 1. The number of imidazole rings is 1. The number of amides is 2. The lowest BCUT2D eigenvalue weighted by Crippen LogP contribution is -2.43. The number of piperidine rings is 1. The standard InChI is InChI=1S/C18H24N4O/c1-15-5-8-22(9-6-15)18(23)20-12-16-3-2-4-17(11-16)13-21-10-7-19-14-21/h2-4,7,10-11,14-15H,5-6,8-9,12-13H2,1H3,(H,20,23). The van der Waals surface area contributed by atoms with Crippen LogP contribution in [-0.4, -0.2) is 33.6 Å². The van der Waals surface area contributed by atoms with E-state index in [4.69, 9.17) is 0 Å². The van der Waals surface area contributed by atoms with Crippen LogP contribution in [0.1, 0.15) is 30.9 Å². The monoisotopic (exact) mass is 312 g/mol. The van der Waals surface area contributed by atoms with Crippen LogP contribution in [0, 0.1) is 5.92 Å². The molecule has 23 heavy (non-hydrogen) atoms. The van der Waals surface area contributed by atoms with Crippen molar-refractivity contribution in [3.63, 3.8) is 0 Å². The molecule has 1 aromatic carbocycles. The van der Waals surface area contributed by atoms with Crippen molar-refractivity contribution in [3.8, 4) is 0 Å². The lowest BCUT2D eigenvalue weighted by molar-refractivity contribution is 0.173. The first-order chi connectivity index (χ1) is 11.2. The Morgan fingerprint density at radius 2 is 2.09 bits per heavy atom. The van der Waals surface area contributed by atoms with Crippen LogP contribution in [0.3, 0.4) is 0 Å². The normalized spacial score (nSPS) is 15.6. The fourth-order valence-corrected chi connectivity index (χ4v) is 2.93. The predicted molar refractivity (Wildman–Crippen MR) is 90.0 cm³/mol. The van der Waals surface area contributed by atoms with E-state index in [0.29, 0.717) is 6.54 Å². The SMILES string of the molecule is CC1CCN(C(=O)NCc2cccc(Cn3ccnc3)c2)CC1. The van der Waals surface area contributed by atoms with Gasteiger partial charge in [-0.05, 0) is 29.9 Å². The van der Waals surface area contributed by atoms with E-state index < -0.39 is 0 Å². The first-order valence-corrected chi connectivity index (χ1v) is 8.27. The van der Waals surface area contributed by atoms with Crippen LogP contribution in [0.15, 0.2) is 43.0 Å². The Kier molecular flexibility index (Phi) is 4.95. The molecule has 2 heterocycles. The number of likely N-dealkylation sites (tertiary alicyclic amines) is 1. The molecule has 0 radical (unpaired) electrons. The van der Waals surface area contributed by atoms with E-state index in [0.717, 1.165) is 44.0 Å². The number of carbonyl (C=O) groups excluding carboxylic acids is 1. The summed E-state index contributed by atoms with van der Waals surface area (Å²) in [6, 6.07) is 8.37. The van der Waals surface area contributed by atoms with Gasteiger partial charge in [0.15, 0.2) is 0 Å². The lowest BCUT2D eigenvalue weighted by atomic mass is 10.00. The number of nitrogens with zero attached hydrogens (tertiary/aromatic N) is 3. The minimum atomic E-state index is 0.0527. The Morgan fingerprint density at radius 3 is 2.83 bits per heavy atom. The Bertz CT molecular complexity index is 630. The van der Waals surface area contributed by atoms with Crippen molar-refractivity contribution in [2.45, 2.75) is 32.9 Å². The van der Waals surface area contributed by atoms with Gasteiger partial charge < -0.3 is 14.8 Å². The predicted octanol–water partition coefficient (Wildman–Crippen LogP) is 2.87. The van der Waals surface area contributed by atoms with E-state index in [2.05, 4.69) is 35.4 Å². The molecule has 5 heteroatoms. The average molecular weight is 312 g/mol. The number of hydrogen-bond acceptors (Lipinski definition) is 2. The van der Waals surface area contributed by atoms with Gasteiger partial charge in [-0.15, -0.1) is 0 Å². The molecule has 3 rings (SSSR count). The molecule has 1 N–H and O–H groups in total. The summed E-state index contributed by atoms with van der Waals surface area (Å²) in [6.07, 6.45) is 7.75. The van der Waals surface area contributed by atoms with Gasteiger partial charge in [0.25, 0.3) is 0 Å². The molecule has 1 saturated heterocycles. The van der Waals surface area contributed by atoms with Crippen molar-refractivity contribution in [1.82, 2.24) is 19.8 Å². The average Bonchev–Trinajstić information content (AvgIpc) is 3.07. The third-order valence-electron chi connectivity index (χ3n) is 4.43. The highest BCUT2D eigenvalue weighted by molar-refractivity contribution is 5.74. The van der Waals surface area contributed by atoms with Crippen molar-refractivity contribution < 1.29 is 4.79 Å². The summed E-state index contributed by atoms with van der Waals surface area (Å²) < 4.78 is 2.03. The summed E-state index contributed by atoms with van der Waals surface area (Å²) in [4.78, 5) is 18.2. The molecule has 2 aromatic rings. The quantitative estimate of drug-likeness (QED) is 0.944. The molecular weight excluding hydrogens is 288 g/mol. The van der Waals surface area contributed by atoms with E-state index in [1.165, 1.54) is 5.56 Å². The minimum Gasteiger partial charge on any atom is -0.334 e. The fourth-order valence-electron chi connectivity index (χ4n) is 2.93. The minimum absolute atomic E-state index is 0.0527. The highest BCUT2D eigenvalue weighted by Gasteiger charge is 2.19. The number of nitrogens with one attached hydrogen (secondary N) is 1. The molecule has 1 fully saturated rings. The summed E-state index contributed by atoms with van der Waals surface area (Å²) in [5, 5.41) is 3.04. The first kappa shape index (κ1) is 15.6. The second-order valence-electron chi connectivity index (χ2n) is 6.38. The summed E-state index contributed by atoms with van der Waals surface area (Å²) in [6.45, 7) is 5.36. The molecular formula is C18H24N4O. The van der Waals surface area contributed by atoms with E-state index in [1.807, 2.05) is 28.1 Å². The molecule has 2 amide bonds. The van der Waals surface area contributed by atoms with Gasteiger partial charge in [0.1, 0.15) is 0 Å². The molecule has 122 valence electrons. The highest BCUT2D eigenvalue weighted by atomic mass is 16.2. The van der Waals surface area contributed by atoms with E-state index in [-0.39, 0.29) is 6.03 Å². The summed E-state index contributed by atoms with van der Waals surface area (Å²) in [5.41, 5.74) is 2.34. The zero-order valence-corrected chi connectivity index (χ0v) is 13.6. The molecule has 1 aliphatic rings. The van der Waals surface area contributed by atoms with Crippen molar-refractivity contribution >= 4 is 6.03 Å². The van der Waals surface area contributed by atoms with Gasteiger partial charge >= 0.3 is 6.03 Å². The van der Waals surface area contributed by atoms with Gasteiger partial charge in [-0.2, -0.15) is 0 Å². The van der Waals surface area contributed by atoms with Crippen LogP contribution in [0.25, 0.3) is 0 Å². The van der Waals surface area contributed by atoms with Gasteiger partial charge in [-0.1, -0.05) is 31.2 Å². The maximum Gasteiger partial charge on any atom is 0.317 e. The van der Waals surface area contributed by atoms with Crippen LogP contribution in [-0.2, 0) is 13.1 Å². The van der Waals surface area contributed by atoms with Gasteiger partial charge in [0.05, 0.1) is 6.33 Å². The molecule has 5 nitrogen and oxygen atoms in total. The van der Waals surface area contributed by atoms with Gasteiger partial charge in [0, 0.05) is 38.6 Å². The van der Waals surface area contributed by atoms with Crippen LogP contribution >= 0.6 is 0 Å². The third-order valence-corrected chi connectivity index (χ3v) is 4.43. The zero-order valence-electron chi connectivity index (χ0n) is 13.6. The molecule has 0 bridgehead atoms. The molecule has 0 aliphatic carbocycles. The number of carbonyl (C=O) groups is 1. The Hall–Kier alpha value is -2.30. The molecule has 0 saturated carbocycles. The van der Waals surface area contributed by atoms with Crippen molar-refractivity contribution in [3.05, 3.63) is 54.1 Å². The molecule has 1 aliphatic heterocycles. The van der Waals surface area contributed by atoms with Crippen LogP contribution in [0.5, 0.6) is 0 Å². The molecule has 0 atom stereocenters. The smallest absolute Gasteiger partial charge is 0.317 e. The van der Waals surface area contributed by atoms with Crippen molar-refractivity contribution in [1.29, 1.82) is 0 Å². The van der Waals surface area contributed by atoms with Gasteiger partial charge in [0.2, 0.25) is 0 Å². The first-order valence-electron chi connectivity index (χ1n) is 8.27. The lowest BCUT2D eigenvalue weighted by Gasteiger charge is -2.30. The number of aromatic nitrogens is 2. The van der Waals surface area contributed by atoms with Crippen molar-refractivity contribution in [2.24, 2.45) is 5.92 Å². The number of urea groups is 1. The summed E-state index contributed by atoms with van der Waals surface area (Å²) >= 11 is 0. The largest absolute Gasteiger partial charge is 0.334 e. The van der Waals surface area contributed by atoms with Gasteiger partial charge in [-0.3, -0.25) is 0 Å². The Balaban J connectivity index is 1.52. The van der Waals surface area contributed by atoms with Crippen molar-refractivity contribution in [2.75, 3.05) is 13.1 Å². The second-order valence-corrected chi connectivity index (χ2v) is 6.38. The fraction of sp³-hybridized carbons (Fsp3) is 0.444. The number of rotatable bonds is 4. The third kappa shape index (κ3) is 4.34. The van der Waals surface area contributed by atoms with E-state index in [1.54, 1.807) is 6.20 Å². The van der Waals surface area contributed by atoms with Crippen LogP contribution in [0.4, 0.5) is 4.79 Å². The topological polar surface area (TPSA) is 50.2 Å². The molecule has 1 aromatic heterocycles. The molecule has 0 spiro atoms. The number of hydrogen-bond donors (Lipinski definition) is 1.